The molecule has 174 valence electrons. The molecular weight excluding hydrogens is 434 g/mol. The number of aromatic nitrogens is 1. The van der Waals surface area contributed by atoms with Crippen LogP contribution in [-0.2, 0) is 20.7 Å². The fourth-order valence-electron chi connectivity index (χ4n) is 4.05. The molecule has 1 aliphatic carbocycles. The second-order valence-corrected chi connectivity index (χ2v) is 8.01. The van der Waals surface area contributed by atoms with Crippen LogP contribution in [0.5, 0.6) is 0 Å². The summed E-state index contributed by atoms with van der Waals surface area (Å²) < 4.78 is 5.53. The Morgan fingerprint density at radius 1 is 0.941 bits per heavy atom. The minimum Gasteiger partial charge on any atom is -0.481 e. The van der Waals surface area contributed by atoms with E-state index in [2.05, 4.69) is 39.9 Å². The van der Waals surface area contributed by atoms with Crippen LogP contribution in [0.3, 0.4) is 0 Å². The molecule has 34 heavy (non-hydrogen) atoms. The van der Waals surface area contributed by atoms with E-state index in [1.54, 1.807) is 12.1 Å². The summed E-state index contributed by atoms with van der Waals surface area (Å²) in [7, 11) is 0. The molecule has 1 heterocycles. The van der Waals surface area contributed by atoms with E-state index < -0.39 is 12.1 Å². The quantitative estimate of drug-likeness (QED) is 0.417. The van der Waals surface area contributed by atoms with E-state index in [-0.39, 0.29) is 31.3 Å². The first-order valence-corrected chi connectivity index (χ1v) is 11.1. The number of fused-ring (bicyclic) bond motifs is 3. The second-order valence-electron chi connectivity index (χ2n) is 8.01. The van der Waals surface area contributed by atoms with Gasteiger partial charge in [-0.3, -0.25) is 19.9 Å². The first-order valence-electron chi connectivity index (χ1n) is 11.1. The van der Waals surface area contributed by atoms with Gasteiger partial charge >= 0.3 is 12.1 Å². The van der Waals surface area contributed by atoms with Gasteiger partial charge in [-0.25, -0.2) is 4.79 Å². The Hall–Kier alpha value is -4.20. The molecule has 8 heteroatoms. The molecular formula is C26H25N3O5. The van der Waals surface area contributed by atoms with Gasteiger partial charge < -0.3 is 15.2 Å². The van der Waals surface area contributed by atoms with Crippen molar-refractivity contribution in [1.29, 1.82) is 0 Å². The fraction of sp³-hybridized carbons (Fsp3) is 0.231. The van der Waals surface area contributed by atoms with Gasteiger partial charge in [-0.05, 0) is 40.8 Å². The summed E-state index contributed by atoms with van der Waals surface area (Å²) in [6.45, 7) is 0.514. The fourth-order valence-corrected chi connectivity index (χ4v) is 4.05. The molecule has 4 rings (SSSR count). The zero-order valence-electron chi connectivity index (χ0n) is 18.5. The van der Waals surface area contributed by atoms with Gasteiger partial charge in [0.05, 0.1) is 18.3 Å². The van der Waals surface area contributed by atoms with Gasteiger partial charge in [0.1, 0.15) is 6.61 Å². The van der Waals surface area contributed by atoms with Crippen LogP contribution in [0.2, 0.25) is 0 Å². The largest absolute Gasteiger partial charge is 0.481 e. The molecule has 2 amide bonds. The van der Waals surface area contributed by atoms with Crippen LogP contribution in [-0.4, -0.2) is 41.2 Å². The summed E-state index contributed by atoms with van der Waals surface area (Å²) in [4.78, 5) is 39.0. The number of hydrogen-bond acceptors (Lipinski definition) is 5. The third kappa shape index (κ3) is 5.58. The Kier molecular flexibility index (Phi) is 7.17. The number of hydrogen-bond donors (Lipinski definition) is 3. The van der Waals surface area contributed by atoms with E-state index in [9.17, 15) is 14.4 Å². The highest BCUT2D eigenvalue weighted by Crippen LogP contribution is 2.44. The Morgan fingerprint density at radius 2 is 1.62 bits per heavy atom. The Balaban J connectivity index is 1.27. The number of carboxylic acids is 1. The SMILES string of the molecule is O=C(O)CCCNC(=O)Cc1ccc(NC(=O)OCC2c3ccccc3-c3ccccc32)cn1. The predicted molar refractivity (Wildman–Crippen MR) is 127 cm³/mol. The van der Waals surface area contributed by atoms with Crippen molar-refractivity contribution in [1.82, 2.24) is 10.3 Å². The van der Waals surface area contributed by atoms with Crippen LogP contribution in [0.15, 0.2) is 66.9 Å². The maximum Gasteiger partial charge on any atom is 0.411 e. The molecule has 0 radical (unpaired) electrons. The van der Waals surface area contributed by atoms with Gasteiger partial charge in [0.25, 0.3) is 0 Å². The Labute approximate surface area is 197 Å². The van der Waals surface area contributed by atoms with Gasteiger partial charge in [0.2, 0.25) is 5.91 Å². The predicted octanol–water partition coefficient (Wildman–Crippen LogP) is 3.97. The van der Waals surface area contributed by atoms with Crippen molar-refractivity contribution in [3.05, 3.63) is 83.7 Å². The molecule has 0 aliphatic heterocycles. The highest BCUT2D eigenvalue weighted by atomic mass is 16.5. The van der Waals surface area contributed by atoms with Gasteiger partial charge in [0, 0.05) is 24.6 Å². The van der Waals surface area contributed by atoms with Gasteiger partial charge in [-0.2, -0.15) is 0 Å². The zero-order chi connectivity index (χ0) is 23.9. The lowest BCUT2D eigenvalue weighted by Crippen LogP contribution is -2.26. The molecule has 0 unspecified atom stereocenters. The summed E-state index contributed by atoms with van der Waals surface area (Å²) in [5.74, 6) is -1.15. The zero-order valence-corrected chi connectivity index (χ0v) is 18.5. The molecule has 0 fully saturated rings. The van der Waals surface area contributed by atoms with Crippen molar-refractivity contribution in [3.8, 4) is 11.1 Å². The van der Waals surface area contributed by atoms with Crippen LogP contribution < -0.4 is 10.6 Å². The number of anilines is 1. The number of carbonyl (C=O) groups excluding carboxylic acids is 2. The van der Waals surface area contributed by atoms with Crippen LogP contribution in [0.1, 0.15) is 35.6 Å². The second kappa shape index (κ2) is 10.6. The van der Waals surface area contributed by atoms with Crippen LogP contribution in [0, 0.1) is 0 Å². The first kappa shape index (κ1) is 23.0. The van der Waals surface area contributed by atoms with Crippen molar-refractivity contribution >= 4 is 23.7 Å². The average Bonchev–Trinajstić information content (AvgIpc) is 3.15. The smallest absolute Gasteiger partial charge is 0.411 e. The highest BCUT2D eigenvalue weighted by Gasteiger charge is 2.29. The van der Waals surface area contributed by atoms with Crippen molar-refractivity contribution in [2.45, 2.75) is 25.2 Å². The molecule has 0 spiro atoms. The Bertz CT molecular complexity index is 1150. The number of nitrogens with one attached hydrogen (secondary N) is 2. The van der Waals surface area contributed by atoms with E-state index >= 15 is 0 Å². The molecule has 2 aromatic carbocycles. The lowest BCUT2D eigenvalue weighted by Gasteiger charge is -2.14. The normalized spacial score (nSPS) is 11.9. The van der Waals surface area contributed by atoms with E-state index in [0.717, 1.165) is 22.3 Å². The van der Waals surface area contributed by atoms with Crippen molar-refractivity contribution in [2.24, 2.45) is 0 Å². The number of amides is 2. The van der Waals surface area contributed by atoms with Crippen molar-refractivity contribution < 1.29 is 24.2 Å². The standard InChI is InChI=1S/C26H25N3O5/c30-24(27-13-5-10-25(31)32)14-17-11-12-18(15-28-17)29-26(33)34-16-23-21-8-3-1-6-19(21)20-7-2-4-9-22(20)23/h1-4,6-9,11-12,15,23H,5,10,13-14,16H2,(H,27,30)(H,29,33)(H,31,32). The van der Waals surface area contributed by atoms with Gasteiger partial charge in [-0.15, -0.1) is 0 Å². The molecule has 3 aromatic rings. The van der Waals surface area contributed by atoms with Crippen molar-refractivity contribution in [3.63, 3.8) is 0 Å². The maximum atomic E-state index is 12.4. The average molecular weight is 460 g/mol. The number of aliphatic carboxylic acids is 1. The lowest BCUT2D eigenvalue weighted by atomic mass is 9.98. The number of nitrogens with zero attached hydrogens (tertiary/aromatic N) is 1. The van der Waals surface area contributed by atoms with E-state index in [1.807, 2.05) is 24.3 Å². The highest BCUT2D eigenvalue weighted by molar-refractivity contribution is 5.85. The van der Waals surface area contributed by atoms with Crippen LogP contribution in [0.25, 0.3) is 11.1 Å². The number of carbonyl (C=O) groups is 3. The van der Waals surface area contributed by atoms with E-state index in [0.29, 0.717) is 24.3 Å². The van der Waals surface area contributed by atoms with E-state index in [1.165, 1.54) is 6.20 Å². The molecule has 8 nitrogen and oxygen atoms in total. The summed E-state index contributed by atoms with van der Waals surface area (Å²) in [5.41, 5.74) is 5.61. The van der Waals surface area contributed by atoms with Crippen LogP contribution in [0.4, 0.5) is 10.5 Å². The topological polar surface area (TPSA) is 118 Å². The summed E-state index contributed by atoms with van der Waals surface area (Å²) in [6.07, 6.45) is 1.34. The third-order valence-electron chi connectivity index (χ3n) is 5.65. The maximum absolute atomic E-state index is 12.4. The minimum absolute atomic E-state index is 0.00870. The van der Waals surface area contributed by atoms with E-state index in [4.69, 9.17) is 9.84 Å². The number of rotatable bonds is 9. The number of carboxylic acid groups (broad SMARTS) is 1. The summed E-state index contributed by atoms with van der Waals surface area (Å²) >= 11 is 0. The molecule has 3 N–H and O–H groups in total. The number of pyridine rings is 1. The molecule has 0 saturated carbocycles. The number of ether oxygens (including phenoxy) is 1. The third-order valence-corrected chi connectivity index (χ3v) is 5.65. The van der Waals surface area contributed by atoms with Gasteiger partial charge in [-0.1, -0.05) is 48.5 Å². The van der Waals surface area contributed by atoms with Crippen molar-refractivity contribution in [2.75, 3.05) is 18.5 Å². The molecule has 0 saturated heterocycles. The first-order chi connectivity index (χ1) is 16.5. The summed E-state index contributed by atoms with van der Waals surface area (Å²) in [5, 5.41) is 13.9. The molecule has 1 aromatic heterocycles. The molecule has 0 bridgehead atoms. The number of benzene rings is 2. The van der Waals surface area contributed by atoms with Gasteiger partial charge in [0.15, 0.2) is 0 Å². The Morgan fingerprint density at radius 3 is 2.24 bits per heavy atom. The lowest BCUT2D eigenvalue weighted by molar-refractivity contribution is -0.137. The van der Waals surface area contributed by atoms with Crippen LogP contribution >= 0.6 is 0 Å². The molecule has 1 aliphatic rings. The molecule has 0 atom stereocenters. The monoisotopic (exact) mass is 459 g/mol. The summed E-state index contributed by atoms with van der Waals surface area (Å²) in [6, 6.07) is 19.6. The minimum atomic E-state index is -0.893.